The van der Waals surface area contributed by atoms with Crippen molar-refractivity contribution in [1.82, 2.24) is 10.3 Å². The van der Waals surface area contributed by atoms with E-state index in [4.69, 9.17) is 9.15 Å². The summed E-state index contributed by atoms with van der Waals surface area (Å²) in [5.41, 5.74) is 1.00. The summed E-state index contributed by atoms with van der Waals surface area (Å²) in [6, 6.07) is 0. The molecule has 1 aromatic rings. The van der Waals surface area contributed by atoms with E-state index in [0.717, 1.165) is 44.0 Å². The van der Waals surface area contributed by atoms with Crippen LogP contribution in [-0.4, -0.2) is 24.7 Å². The number of nitrogens with zero attached hydrogens (tertiary/aromatic N) is 1. The summed E-state index contributed by atoms with van der Waals surface area (Å²) >= 11 is 0. The molecular weight excluding hydrogens is 192 g/mol. The predicted octanol–water partition coefficient (Wildman–Crippen LogP) is 1.75. The van der Waals surface area contributed by atoms with Gasteiger partial charge in [-0.1, -0.05) is 6.92 Å². The first-order valence-corrected chi connectivity index (χ1v) is 5.58. The highest BCUT2D eigenvalue weighted by Gasteiger charge is 2.06. The summed E-state index contributed by atoms with van der Waals surface area (Å²) in [5, 5.41) is 3.30. The van der Waals surface area contributed by atoms with Crippen LogP contribution in [-0.2, 0) is 17.7 Å². The lowest BCUT2D eigenvalue weighted by Crippen LogP contribution is -2.15. The van der Waals surface area contributed by atoms with Gasteiger partial charge >= 0.3 is 0 Å². The number of nitrogens with one attached hydrogen (secondary N) is 1. The van der Waals surface area contributed by atoms with Crippen LogP contribution in [0.4, 0.5) is 0 Å². The molecule has 0 spiro atoms. The van der Waals surface area contributed by atoms with E-state index in [1.807, 2.05) is 6.92 Å². The van der Waals surface area contributed by atoms with Gasteiger partial charge in [0.25, 0.3) is 0 Å². The summed E-state index contributed by atoms with van der Waals surface area (Å²) < 4.78 is 10.6. The molecule has 0 atom stereocenters. The fourth-order valence-electron chi connectivity index (χ4n) is 1.33. The van der Waals surface area contributed by atoms with Crippen LogP contribution < -0.4 is 5.32 Å². The summed E-state index contributed by atoms with van der Waals surface area (Å²) in [4.78, 5) is 4.18. The lowest BCUT2D eigenvalue weighted by molar-refractivity contribution is 0.146. The minimum Gasteiger partial charge on any atom is -0.448 e. The average Bonchev–Trinajstić information content (AvgIpc) is 2.67. The monoisotopic (exact) mass is 212 g/mol. The lowest BCUT2D eigenvalue weighted by Gasteiger charge is -2.02. The van der Waals surface area contributed by atoms with Crippen molar-refractivity contribution in [2.75, 3.05) is 19.8 Å². The third-order valence-corrected chi connectivity index (χ3v) is 2.12. The van der Waals surface area contributed by atoms with Gasteiger partial charge in [0.1, 0.15) is 5.76 Å². The van der Waals surface area contributed by atoms with Crippen molar-refractivity contribution in [3.63, 3.8) is 0 Å². The molecule has 0 aliphatic heterocycles. The number of rotatable bonds is 8. The Morgan fingerprint density at radius 2 is 2.33 bits per heavy atom. The van der Waals surface area contributed by atoms with Crippen molar-refractivity contribution in [3.05, 3.63) is 17.8 Å². The number of hydrogen-bond donors (Lipinski definition) is 1. The molecule has 4 nitrogen and oxygen atoms in total. The molecule has 0 aliphatic carbocycles. The maximum absolute atomic E-state index is 5.31. The predicted molar refractivity (Wildman–Crippen MR) is 58.7 cm³/mol. The fourth-order valence-corrected chi connectivity index (χ4v) is 1.33. The lowest BCUT2D eigenvalue weighted by atomic mass is 10.2. The number of hydrogen-bond acceptors (Lipinski definition) is 4. The maximum Gasteiger partial charge on any atom is 0.181 e. The van der Waals surface area contributed by atoms with E-state index in [-0.39, 0.29) is 0 Å². The van der Waals surface area contributed by atoms with E-state index in [1.165, 1.54) is 6.39 Å². The van der Waals surface area contributed by atoms with Crippen molar-refractivity contribution >= 4 is 0 Å². The van der Waals surface area contributed by atoms with Crippen molar-refractivity contribution < 1.29 is 9.15 Å². The van der Waals surface area contributed by atoms with Gasteiger partial charge < -0.3 is 14.5 Å². The van der Waals surface area contributed by atoms with Crippen molar-refractivity contribution in [2.45, 2.75) is 33.2 Å². The molecule has 0 aliphatic rings. The molecule has 86 valence electrons. The average molecular weight is 212 g/mol. The van der Waals surface area contributed by atoms with Crippen molar-refractivity contribution in [3.8, 4) is 0 Å². The zero-order chi connectivity index (χ0) is 10.9. The Hall–Kier alpha value is -0.870. The summed E-state index contributed by atoms with van der Waals surface area (Å²) in [6.07, 6.45) is 3.44. The first-order chi connectivity index (χ1) is 7.38. The smallest absolute Gasteiger partial charge is 0.181 e. The molecule has 15 heavy (non-hydrogen) atoms. The Bertz CT molecular complexity index is 236. The second-order valence-corrected chi connectivity index (χ2v) is 3.35. The van der Waals surface area contributed by atoms with Gasteiger partial charge in [0.15, 0.2) is 6.39 Å². The Labute approximate surface area is 91.0 Å². The highest BCUT2D eigenvalue weighted by molar-refractivity contribution is 5.07. The van der Waals surface area contributed by atoms with Gasteiger partial charge in [0, 0.05) is 19.6 Å². The molecule has 1 N–H and O–H groups in total. The standard InChI is InChI=1S/C11H20N2O2/c1-3-6-12-8-10-11(15-9-13-10)5-7-14-4-2/h9,12H,3-8H2,1-2H3. The normalized spacial score (nSPS) is 10.8. The van der Waals surface area contributed by atoms with Crippen LogP contribution in [0.1, 0.15) is 31.7 Å². The SMILES string of the molecule is CCCNCc1ncoc1CCOCC. The molecular formula is C11H20N2O2. The highest BCUT2D eigenvalue weighted by atomic mass is 16.5. The molecule has 1 heterocycles. The van der Waals surface area contributed by atoms with Crippen LogP contribution in [0.2, 0.25) is 0 Å². The number of oxazole rings is 1. The summed E-state index contributed by atoms with van der Waals surface area (Å²) in [5.74, 6) is 0.937. The molecule has 0 amide bonds. The molecule has 0 saturated carbocycles. The van der Waals surface area contributed by atoms with Crippen LogP contribution in [0.3, 0.4) is 0 Å². The molecule has 0 bridgehead atoms. The van der Waals surface area contributed by atoms with E-state index in [1.54, 1.807) is 0 Å². The van der Waals surface area contributed by atoms with E-state index < -0.39 is 0 Å². The van der Waals surface area contributed by atoms with Gasteiger partial charge in [-0.15, -0.1) is 0 Å². The van der Waals surface area contributed by atoms with Crippen LogP contribution in [0, 0.1) is 0 Å². The van der Waals surface area contributed by atoms with Crippen LogP contribution in [0.15, 0.2) is 10.8 Å². The van der Waals surface area contributed by atoms with Crippen molar-refractivity contribution in [2.24, 2.45) is 0 Å². The van der Waals surface area contributed by atoms with E-state index in [9.17, 15) is 0 Å². The van der Waals surface area contributed by atoms with E-state index in [0.29, 0.717) is 6.61 Å². The van der Waals surface area contributed by atoms with Gasteiger partial charge in [0.05, 0.1) is 12.3 Å². The quantitative estimate of drug-likeness (QED) is 0.667. The largest absolute Gasteiger partial charge is 0.448 e. The van der Waals surface area contributed by atoms with Crippen LogP contribution >= 0.6 is 0 Å². The van der Waals surface area contributed by atoms with Gasteiger partial charge in [-0.2, -0.15) is 0 Å². The third-order valence-electron chi connectivity index (χ3n) is 2.12. The second kappa shape index (κ2) is 7.43. The zero-order valence-electron chi connectivity index (χ0n) is 9.58. The summed E-state index contributed by atoms with van der Waals surface area (Å²) in [7, 11) is 0. The molecule has 4 heteroatoms. The minimum atomic E-state index is 0.701. The van der Waals surface area contributed by atoms with Crippen LogP contribution in [0.25, 0.3) is 0 Å². The third kappa shape index (κ3) is 4.44. The minimum absolute atomic E-state index is 0.701. The molecule has 1 aromatic heterocycles. The first kappa shape index (κ1) is 12.2. The molecule has 0 radical (unpaired) electrons. The topological polar surface area (TPSA) is 47.3 Å². The van der Waals surface area contributed by atoms with Gasteiger partial charge in [-0.05, 0) is 19.9 Å². The zero-order valence-corrected chi connectivity index (χ0v) is 9.58. The Balaban J connectivity index is 2.32. The van der Waals surface area contributed by atoms with Gasteiger partial charge in [-0.3, -0.25) is 0 Å². The molecule has 1 rings (SSSR count). The number of aromatic nitrogens is 1. The highest BCUT2D eigenvalue weighted by Crippen LogP contribution is 2.07. The van der Waals surface area contributed by atoms with E-state index >= 15 is 0 Å². The summed E-state index contributed by atoms with van der Waals surface area (Å²) in [6.45, 7) is 7.38. The second-order valence-electron chi connectivity index (χ2n) is 3.35. The molecule has 0 saturated heterocycles. The Kier molecular flexibility index (Phi) is 6.04. The Morgan fingerprint density at radius 1 is 1.47 bits per heavy atom. The van der Waals surface area contributed by atoms with Crippen LogP contribution in [0.5, 0.6) is 0 Å². The maximum atomic E-state index is 5.31. The van der Waals surface area contributed by atoms with E-state index in [2.05, 4.69) is 17.2 Å². The molecule has 0 fully saturated rings. The van der Waals surface area contributed by atoms with Gasteiger partial charge in [0.2, 0.25) is 0 Å². The first-order valence-electron chi connectivity index (χ1n) is 5.58. The fraction of sp³-hybridized carbons (Fsp3) is 0.727. The molecule has 0 unspecified atom stereocenters. The molecule has 0 aromatic carbocycles. The van der Waals surface area contributed by atoms with Gasteiger partial charge in [-0.25, -0.2) is 4.98 Å². The Morgan fingerprint density at radius 3 is 3.07 bits per heavy atom. The number of ether oxygens (including phenoxy) is 1. The van der Waals surface area contributed by atoms with Crippen molar-refractivity contribution in [1.29, 1.82) is 0 Å².